The lowest BCUT2D eigenvalue weighted by Crippen LogP contribution is -2.20. The van der Waals surface area contributed by atoms with Crippen LogP contribution in [0.5, 0.6) is 0 Å². The molecule has 1 amide bonds. The number of carbonyl (C=O) groups is 1. The maximum atomic E-state index is 11.8. The summed E-state index contributed by atoms with van der Waals surface area (Å²) in [6.45, 7) is 0. The number of carbonyl (C=O) groups excluding carboxylic acids is 1. The first-order valence-corrected chi connectivity index (χ1v) is 5.04. The van der Waals surface area contributed by atoms with Gasteiger partial charge in [-0.3, -0.25) is 14.3 Å². The van der Waals surface area contributed by atoms with Crippen molar-refractivity contribution >= 4 is 11.7 Å². The first-order chi connectivity index (χ1) is 8.06. The molecule has 0 aliphatic carbocycles. The Kier molecular flexibility index (Phi) is 2.78. The van der Waals surface area contributed by atoms with Gasteiger partial charge in [0, 0.05) is 44.2 Å². The van der Waals surface area contributed by atoms with Crippen LogP contribution in [-0.2, 0) is 14.1 Å². The average molecular weight is 232 g/mol. The van der Waals surface area contributed by atoms with Crippen LogP contribution in [0.3, 0.4) is 0 Å². The first-order valence-electron chi connectivity index (χ1n) is 5.04. The largest absolute Gasteiger partial charge is 0.319 e. The fourth-order valence-electron chi connectivity index (χ4n) is 1.36. The molecule has 0 atom stereocenters. The number of nitrogens with one attached hydrogen (secondary N) is 1. The van der Waals surface area contributed by atoms with Gasteiger partial charge >= 0.3 is 0 Å². The summed E-state index contributed by atoms with van der Waals surface area (Å²) < 4.78 is 2.98. The number of pyridine rings is 1. The average Bonchev–Trinajstić information content (AvgIpc) is 2.68. The Hall–Kier alpha value is -2.37. The van der Waals surface area contributed by atoms with Gasteiger partial charge in [0.25, 0.3) is 11.5 Å². The number of hydrogen-bond acceptors (Lipinski definition) is 3. The fourth-order valence-corrected chi connectivity index (χ4v) is 1.36. The van der Waals surface area contributed by atoms with Crippen molar-refractivity contribution in [3.8, 4) is 0 Å². The van der Waals surface area contributed by atoms with Gasteiger partial charge in [0.2, 0.25) is 0 Å². The maximum absolute atomic E-state index is 11.8. The molecule has 0 bridgehead atoms. The summed E-state index contributed by atoms with van der Waals surface area (Å²) in [5, 5.41) is 6.62. The molecule has 0 radical (unpaired) electrons. The van der Waals surface area contributed by atoms with Gasteiger partial charge < -0.3 is 9.88 Å². The minimum Gasteiger partial charge on any atom is -0.319 e. The second-order valence-corrected chi connectivity index (χ2v) is 3.69. The smallest absolute Gasteiger partial charge is 0.257 e. The summed E-state index contributed by atoms with van der Waals surface area (Å²) in [6.07, 6.45) is 3.27. The van der Waals surface area contributed by atoms with E-state index in [-0.39, 0.29) is 11.5 Å². The molecule has 88 valence electrons. The van der Waals surface area contributed by atoms with Gasteiger partial charge in [-0.05, 0) is 6.07 Å². The van der Waals surface area contributed by atoms with Crippen LogP contribution in [0.25, 0.3) is 0 Å². The van der Waals surface area contributed by atoms with E-state index in [0.717, 1.165) is 0 Å². The van der Waals surface area contributed by atoms with Crippen LogP contribution < -0.4 is 10.9 Å². The van der Waals surface area contributed by atoms with Crippen molar-refractivity contribution in [2.24, 2.45) is 14.1 Å². The second-order valence-electron chi connectivity index (χ2n) is 3.69. The monoisotopic (exact) mass is 232 g/mol. The number of nitrogens with zero attached hydrogens (tertiary/aromatic N) is 3. The van der Waals surface area contributed by atoms with Crippen molar-refractivity contribution in [2.45, 2.75) is 0 Å². The molecule has 0 saturated heterocycles. The van der Waals surface area contributed by atoms with Gasteiger partial charge in [-0.1, -0.05) is 0 Å². The fraction of sp³-hybridized carbons (Fsp3) is 0.182. The van der Waals surface area contributed by atoms with E-state index in [0.29, 0.717) is 11.4 Å². The Bertz CT molecular complexity index is 612. The molecule has 6 nitrogen and oxygen atoms in total. The summed E-state index contributed by atoms with van der Waals surface area (Å²) >= 11 is 0. The predicted octanol–water partition coefficient (Wildman–Crippen LogP) is 0.371. The van der Waals surface area contributed by atoms with Crippen LogP contribution in [0.1, 0.15) is 10.4 Å². The molecule has 0 fully saturated rings. The van der Waals surface area contributed by atoms with Crippen LogP contribution in [0.4, 0.5) is 5.82 Å². The molecular formula is C11H12N4O2. The summed E-state index contributed by atoms with van der Waals surface area (Å²) in [5.74, 6) is 0.111. The Morgan fingerprint density at radius 2 is 2.06 bits per heavy atom. The minimum atomic E-state index is -0.346. The lowest BCUT2D eigenvalue weighted by molar-refractivity contribution is 0.102. The zero-order chi connectivity index (χ0) is 12.4. The van der Waals surface area contributed by atoms with E-state index in [9.17, 15) is 9.59 Å². The molecule has 0 unspecified atom stereocenters. The molecule has 0 aliphatic rings. The molecule has 0 saturated carbocycles. The van der Waals surface area contributed by atoms with Crippen LogP contribution >= 0.6 is 0 Å². The third kappa shape index (κ3) is 2.41. The second kappa shape index (κ2) is 4.25. The van der Waals surface area contributed by atoms with Gasteiger partial charge in [0.1, 0.15) is 0 Å². The van der Waals surface area contributed by atoms with Gasteiger partial charge in [0.05, 0.1) is 0 Å². The van der Waals surface area contributed by atoms with Crippen molar-refractivity contribution < 1.29 is 4.79 Å². The lowest BCUT2D eigenvalue weighted by atomic mass is 10.2. The molecule has 1 N–H and O–H groups in total. The number of amides is 1. The Morgan fingerprint density at radius 1 is 1.29 bits per heavy atom. The van der Waals surface area contributed by atoms with E-state index in [2.05, 4.69) is 10.4 Å². The standard InChI is InChI=1S/C11H12N4O2/c1-14-5-3-8(7-10(14)16)11(17)12-9-4-6-15(2)13-9/h3-7H,1-2H3,(H,12,13,17). The normalized spacial score (nSPS) is 10.2. The van der Waals surface area contributed by atoms with Crippen molar-refractivity contribution in [3.05, 3.63) is 46.5 Å². The highest BCUT2D eigenvalue weighted by atomic mass is 16.2. The molecule has 2 heterocycles. The number of rotatable bonds is 2. The molecule has 0 aliphatic heterocycles. The zero-order valence-corrected chi connectivity index (χ0v) is 9.54. The van der Waals surface area contributed by atoms with Gasteiger partial charge in [-0.15, -0.1) is 0 Å². The van der Waals surface area contributed by atoms with Crippen molar-refractivity contribution in [2.75, 3.05) is 5.32 Å². The molecule has 0 spiro atoms. The van der Waals surface area contributed by atoms with E-state index in [1.807, 2.05) is 0 Å². The summed E-state index contributed by atoms with van der Waals surface area (Å²) in [5.41, 5.74) is 0.0948. The van der Waals surface area contributed by atoms with Crippen molar-refractivity contribution in [3.63, 3.8) is 0 Å². The molecular weight excluding hydrogens is 220 g/mol. The SMILES string of the molecule is Cn1ccc(NC(=O)c2ccn(C)c(=O)c2)n1. The predicted molar refractivity (Wildman–Crippen MR) is 62.8 cm³/mol. The number of aryl methyl sites for hydroxylation is 2. The third-order valence-corrected chi connectivity index (χ3v) is 2.32. The van der Waals surface area contributed by atoms with Crippen LogP contribution in [0, 0.1) is 0 Å². The third-order valence-electron chi connectivity index (χ3n) is 2.32. The first kappa shape index (κ1) is 11.1. The highest BCUT2D eigenvalue weighted by Gasteiger charge is 2.08. The van der Waals surface area contributed by atoms with E-state index in [1.54, 1.807) is 43.3 Å². The quantitative estimate of drug-likeness (QED) is 0.813. The maximum Gasteiger partial charge on any atom is 0.257 e. The molecule has 17 heavy (non-hydrogen) atoms. The molecule has 2 aromatic rings. The molecule has 2 rings (SSSR count). The Labute approximate surface area is 97.5 Å². The summed E-state index contributed by atoms with van der Waals surface area (Å²) in [7, 11) is 3.39. The molecule has 6 heteroatoms. The highest BCUT2D eigenvalue weighted by molar-refractivity contribution is 6.03. The molecule has 0 aromatic carbocycles. The van der Waals surface area contributed by atoms with Gasteiger partial charge in [-0.25, -0.2) is 0 Å². The van der Waals surface area contributed by atoms with Crippen LogP contribution in [0.2, 0.25) is 0 Å². The lowest BCUT2D eigenvalue weighted by Gasteiger charge is -2.02. The highest BCUT2D eigenvalue weighted by Crippen LogP contribution is 2.04. The van der Waals surface area contributed by atoms with E-state index in [1.165, 1.54) is 10.6 Å². The number of anilines is 1. The van der Waals surface area contributed by atoms with Gasteiger partial charge in [0.15, 0.2) is 5.82 Å². The topological polar surface area (TPSA) is 68.9 Å². The number of hydrogen-bond donors (Lipinski definition) is 1. The van der Waals surface area contributed by atoms with Crippen molar-refractivity contribution in [1.82, 2.24) is 14.3 Å². The van der Waals surface area contributed by atoms with Crippen molar-refractivity contribution in [1.29, 1.82) is 0 Å². The summed E-state index contributed by atoms with van der Waals surface area (Å²) in [6, 6.07) is 4.55. The zero-order valence-electron chi connectivity index (χ0n) is 9.54. The van der Waals surface area contributed by atoms with E-state index in [4.69, 9.17) is 0 Å². The van der Waals surface area contributed by atoms with Gasteiger partial charge in [-0.2, -0.15) is 5.10 Å². The van der Waals surface area contributed by atoms with Crippen LogP contribution in [0.15, 0.2) is 35.4 Å². The summed E-state index contributed by atoms with van der Waals surface area (Å²) in [4.78, 5) is 23.1. The van der Waals surface area contributed by atoms with E-state index >= 15 is 0 Å². The number of aromatic nitrogens is 3. The molecule has 2 aromatic heterocycles. The minimum absolute atomic E-state index is 0.223. The Balaban J connectivity index is 2.20. The van der Waals surface area contributed by atoms with E-state index < -0.39 is 0 Å². The Morgan fingerprint density at radius 3 is 2.65 bits per heavy atom. The van der Waals surface area contributed by atoms with Crippen LogP contribution in [-0.4, -0.2) is 20.3 Å².